The van der Waals surface area contributed by atoms with Gasteiger partial charge < -0.3 is 5.11 Å². The molecule has 0 heterocycles. The normalized spacial score (nSPS) is 10.8. The Bertz CT molecular complexity index is 654. The Hall–Kier alpha value is -2.56. The zero-order valence-electron chi connectivity index (χ0n) is 9.68. The first-order valence-corrected chi connectivity index (χ1v) is 5.39. The molecule has 0 amide bonds. The fourth-order valence-corrected chi connectivity index (χ4v) is 1.50. The van der Waals surface area contributed by atoms with Crippen LogP contribution in [0.5, 0.6) is 0 Å². The Kier molecular flexibility index (Phi) is 3.66. The van der Waals surface area contributed by atoms with Crippen LogP contribution in [0.25, 0.3) is 0 Å². The predicted octanol–water partition coefficient (Wildman–Crippen LogP) is 3.41. The van der Waals surface area contributed by atoms with E-state index in [0.29, 0.717) is 5.56 Å². The molecule has 1 N–H and O–H groups in total. The van der Waals surface area contributed by atoms with Crippen LogP contribution >= 0.6 is 0 Å². The van der Waals surface area contributed by atoms with E-state index in [-0.39, 0.29) is 11.3 Å². The molecule has 0 saturated carbocycles. The van der Waals surface area contributed by atoms with Crippen molar-refractivity contribution < 1.29 is 18.7 Å². The van der Waals surface area contributed by atoms with E-state index >= 15 is 0 Å². The van der Waals surface area contributed by atoms with Crippen molar-refractivity contribution in [3.8, 4) is 0 Å². The van der Waals surface area contributed by atoms with Crippen LogP contribution in [0.1, 0.15) is 15.9 Å². The molecule has 0 aliphatic heterocycles. The van der Waals surface area contributed by atoms with Gasteiger partial charge in [-0.1, -0.05) is 18.2 Å². The molecule has 0 bridgehead atoms. The maximum Gasteiger partial charge on any atom is 0.337 e. The van der Waals surface area contributed by atoms with E-state index in [0.717, 1.165) is 12.1 Å². The molecule has 0 fully saturated rings. The largest absolute Gasteiger partial charge is 0.478 e. The number of halogens is 2. The number of carboxylic acid groups (broad SMARTS) is 1. The van der Waals surface area contributed by atoms with Gasteiger partial charge in [0, 0.05) is 6.21 Å². The first-order chi connectivity index (χ1) is 9.08. The van der Waals surface area contributed by atoms with E-state index in [2.05, 4.69) is 4.99 Å². The van der Waals surface area contributed by atoms with Gasteiger partial charge >= 0.3 is 5.97 Å². The molecule has 0 radical (unpaired) electrons. The van der Waals surface area contributed by atoms with Gasteiger partial charge in [-0.15, -0.1) is 0 Å². The number of para-hydroxylation sites is 1. The number of aromatic carboxylic acids is 1. The Morgan fingerprint density at radius 3 is 2.53 bits per heavy atom. The highest BCUT2D eigenvalue weighted by atomic mass is 19.2. The molecule has 2 aromatic rings. The third-order valence-electron chi connectivity index (χ3n) is 2.43. The van der Waals surface area contributed by atoms with Crippen LogP contribution in [-0.2, 0) is 0 Å². The van der Waals surface area contributed by atoms with Gasteiger partial charge in [0.05, 0.1) is 11.3 Å². The van der Waals surface area contributed by atoms with Crippen LogP contribution in [0.15, 0.2) is 47.5 Å². The Morgan fingerprint density at radius 2 is 1.84 bits per heavy atom. The molecule has 2 rings (SSSR count). The number of hydrogen-bond donors (Lipinski definition) is 1. The van der Waals surface area contributed by atoms with Crippen molar-refractivity contribution in [2.75, 3.05) is 0 Å². The number of benzene rings is 2. The monoisotopic (exact) mass is 261 g/mol. The number of nitrogens with zero attached hydrogens (tertiary/aromatic N) is 1. The fraction of sp³-hybridized carbons (Fsp3) is 0. The van der Waals surface area contributed by atoms with Crippen molar-refractivity contribution in [1.29, 1.82) is 0 Å². The molecule has 0 spiro atoms. The van der Waals surface area contributed by atoms with Gasteiger partial charge in [-0.2, -0.15) is 0 Å². The minimum atomic E-state index is -1.10. The quantitative estimate of drug-likeness (QED) is 0.861. The second-order valence-corrected chi connectivity index (χ2v) is 3.75. The Morgan fingerprint density at radius 1 is 1.11 bits per heavy atom. The maximum atomic E-state index is 13.0. The van der Waals surface area contributed by atoms with E-state index in [1.807, 2.05) is 0 Å². The zero-order valence-corrected chi connectivity index (χ0v) is 9.68. The van der Waals surface area contributed by atoms with Crippen molar-refractivity contribution in [3.63, 3.8) is 0 Å². The molecule has 19 heavy (non-hydrogen) atoms. The summed E-state index contributed by atoms with van der Waals surface area (Å²) in [6.07, 6.45) is 1.28. The van der Waals surface area contributed by atoms with E-state index < -0.39 is 17.6 Å². The molecule has 3 nitrogen and oxygen atoms in total. The van der Waals surface area contributed by atoms with Crippen LogP contribution in [0.3, 0.4) is 0 Å². The smallest absolute Gasteiger partial charge is 0.337 e. The van der Waals surface area contributed by atoms with Crippen molar-refractivity contribution in [1.82, 2.24) is 0 Å². The summed E-state index contributed by atoms with van der Waals surface area (Å²) in [4.78, 5) is 14.9. The number of hydrogen-bond acceptors (Lipinski definition) is 2. The molecule has 96 valence electrons. The number of aliphatic imine (C=N–C) groups is 1. The number of carbonyl (C=O) groups is 1. The van der Waals surface area contributed by atoms with Crippen molar-refractivity contribution >= 4 is 17.9 Å². The fourth-order valence-electron chi connectivity index (χ4n) is 1.50. The molecule has 0 atom stereocenters. The summed E-state index contributed by atoms with van der Waals surface area (Å²) in [6.45, 7) is 0. The molecule has 5 heteroatoms. The van der Waals surface area contributed by atoms with Crippen LogP contribution in [0, 0.1) is 11.6 Å². The van der Waals surface area contributed by atoms with Gasteiger partial charge in [-0.3, -0.25) is 4.99 Å². The second kappa shape index (κ2) is 5.39. The van der Waals surface area contributed by atoms with Gasteiger partial charge in [0.25, 0.3) is 0 Å². The molecule has 0 unspecified atom stereocenters. The van der Waals surface area contributed by atoms with Crippen LogP contribution in [0.4, 0.5) is 14.5 Å². The molecule has 2 aromatic carbocycles. The van der Waals surface area contributed by atoms with Gasteiger partial charge in [0.2, 0.25) is 0 Å². The summed E-state index contributed by atoms with van der Waals surface area (Å²) >= 11 is 0. The summed E-state index contributed by atoms with van der Waals surface area (Å²) in [6, 6.07) is 9.50. The van der Waals surface area contributed by atoms with Gasteiger partial charge in [0.15, 0.2) is 11.6 Å². The van der Waals surface area contributed by atoms with Crippen molar-refractivity contribution in [2.45, 2.75) is 0 Å². The molecule has 0 aliphatic rings. The highest BCUT2D eigenvalue weighted by Gasteiger charge is 2.07. The molecular formula is C14H9F2NO2. The van der Waals surface area contributed by atoms with E-state index in [1.54, 1.807) is 12.1 Å². The highest BCUT2D eigenvalue weighted by Crippen LogP contribution is 2.18. The molecule has 0 aliphatic carbocycles. The van der Waals surface area contributed by atoms with Gasteiger partial charge in [-0.05, 0) is 29.8 Å². The first-order valence-electron chi connectivity index (χ1n) is 5.39. The predicted molar refractivity (Wildman–Crippen MR) is 67.0 cm³/mol. The van der Waals surface area contributed by atoms with E-state index in [4.69, 9.17) is 5.11 Å². The lowest BCUT2D eigenvalue weighted by Gasteiger charge is -2.00. The van der Waals surface area contributed by atoms with Gasteiger partial charge in [0.1, 0.15) is 0 Å². The summed E-state index contributed by atoms with van der Waals surface area (Å²) in [7, 11) is 0. The minimum absolute atomic E-state index is 0.0429. The van der Waals surface area contributed by atoms with E-state index in [1.165, 1.54) is 24.4 Å². The SMILES string of the molecule is O=C(O)c1ccccc1/N=C/c1ccc(F)c(F)c1. The minimum Gasteiger partial charge on any atom is -0.478 e. The van der Waals surface area contributed by atoms with E-state index in [9.17, 15) is 13.6 Å². The molecule has 0 aromatic heterocycles. The lowest BCUT2D eigenvalue weighted by Crippen LogP contribution is -1.96. The number of carboxylic acids is 1. The Labute approximate surface area is 107 Å². The Balaban J connectivity index is 2.32. The lowest BCUT2D eigenvalue weighted by molar-refractivity contribution is 0.0698. The van der Waals surface area contributed by atoms with Crippen LogP contribution in [-0.4, -0.2) is 17.3 Å². The van der Waals surface area contributed by atoms with Crippen LogP contribution in [0.2, 0.25) is 0 Å². The topological polar surface area (TPSA) is 49.7 Å². The summed E-state index contributed by atoms with van der Waals surface area (Å²) in [5.74, 6) is -3.02. The number of rotatable bonds is 3. The summed E-state index contributed by atoms with van der Waals surface area (Å²) in [5, 5.41) is 8.96. The third-order valence-corrected chi connectivity index (χ3v) is 2.43. The molecular weight excluding hydrogens is 252 g/mol. The molecule has 0 saturated heterocycles. The van der Waals surface area contributed by atoms with Gasteiger partial charge in [-0.25, -0.2) is 13.6 Å². The van der Waals surface area contributed by atoms with Crippen LogP contribution < -0.4 is 0 Å². The summed E-state index contributed by atoms with van der Waals surface area (Å²) < 4.78 is 25.7. The average molecular weight is 261 g/mol. The second-order valence-electron chi connectivity index (χ2n) is 3.75. The first kappa shape index (κ1) is 12.9. The lowest BCUT2D eigenvalue weighted by atomic mass is 10.2. The zero-order chi connectivity index (χ0) is 13.8. The maximum absolute atomic E-state index is 13.0. The highest BCUT2D eigenvalue weighted by molar-refractivity contribution is 5.95. The standard InChI is InChI=1S/C14H9F2NO2/c15-11-6-5-9(7-12(11)16)8-17-13-4-2-1-3-10(13)14(18)19/h1-8H,(H,18,19)/b17-8+. The summed E-state index contributed by atoms with van der Waals surface area (Å²) in [5.41, 5.74) is 0.639. The van der Waals surface area contributed by atoms with Crippen molar-refractivity contribution in [2.24, 2.45) is 4.99 Å². The van der Waals surface area contributed by atoms with Crippen molar-refractivity contribution in [3.05, 3.63) is 65.2 Å². The third kappa shape index (κ3) is 3.01. The average Bonchev–Trinajstić information content (AvgIpc) is 2.40.